The standard InChI is InChI=1S/C13H16N6O2/c14-13(21)9-7-15-17-12(9)10-3-1-6-19(10)11(20)8-18-5-2-4-16-18/h2,4-5,7,10H,1,3,6,8H2,(H2,14,21)(H,15,17). The van der Waals surface area contributed by atoms with E-state index in [4.69, 9.17) is 5.73 Å². The SMILES string of the molecule is NC(=O)c1cn[nH]c1C1CCCN1C(=O)Cn1cccn1. The van der Waals surface area contributed by atoms with E-state index in [0.29, 0.717) is 17.8 Å². The summed E-state index contributed by atoms with van der Waals surface area (Å²) in [5.74, 6) is -0.573. The van der Waals surface area contributed by atoms with E-state index in [1.54, 1.807) is 28.0 Å². The summed E-state index contributed by atoms with van der Waals surface area (Å²) in [6.45, 7) is 0.839. The molecule has 3 N–H and O–H groups in total. The number of aromatic amines is 1. The van der Waals surface area contributed by atoms with Gasteiger partial charge in [-0.05, 0) is 18.9 Å². The minimum atomic E-state index is -0.537. The molecule has 1 fully saturated rings. The molecule has 0 aliphatic carbocycles. The highest BCUT2D eigenvalue weighted by atomic mass is 16.2. The van der Waals surface area contributed by atoms with Crippen LogP contribution in [0, 0.1) is 0 Å². The van der Waals surface area contributed by atoms with Crippen molar-refractivity contribution in [2.75, 3.05) is 6.54 Å². The van der Waals surface area contributed by atoms with Gasteiger partial charge in [-0.25, -0.2) is 0 Å². The molecular weight excluding hydrogens is 272 g/mol. The maximum atomic E-state index is 12.4. The van der Waals surface area contributed by atoms with E-state index >= 15 is 0 Å². The Balaban J connectivity index is 1.80. The zero-order valence-electron chi connectivity index (χ0n) is 11.4. The molecule has 3 heterocycles. The molecule has 0 saturated carbocycles. The van der Waals surface area contributed by atoms with Crippen LogP contribution in [-0.2, 0) is 11.3 Å². The van der Waals surface area contributed by atoms with Crippen LogP contribution >= 0.6 is 0 Å². The summed E-state index contributed by atoms with van der Waals surface area (Å²) >= 11 is 0. The molecule has 2 amide bonds. The Hall–Kier alpha value is -2.64. The van der Waals surface area contributed by atoms with Gasteiger partial charge in [0.25, 0.3) is 5.91 Å². The summed E-state index contributed by atoms with van der Waals surface area (Å²) in [6.07, 6.45) is 6.45. The number of H-pyrrole nitrogens is 1. The largest absolute Gasteiger partial charge is 0.365 e. The fourth-order valence-electron chi connectivity index (χ4n) is 2.74. The first-order chi connectivity index (χ1) is 10.2. The van der Waals surface area contributed by atoms with Crippen LogP contribution in [-0.4, -0.2) is 43.2 Å². The Kier molecular flexibility index (Phi) is 3.43. The predicted molar refractivity (Wildman–Crippen MR) is 73.0 cm³/mol. The molecule has 1 unspecified atom stereocenters. The van der Waals surface area contributed by atoms with Crippen molar-refractivity contribution < 1.29 is 9.59 Å². The number of nitrogens with two attached hydrogens (primary N) is 1. The zero-order chi connectivity index (χ0) is 14.8. The average molecular weight is 288 g/mol. The number of hydrogen-bond acceptors (Lipinski definition) is 4. The van der Waals surface area contributed by atoms with Crippen LogP contribution < -0.4 is 5.73 Å². The second kappa shape index (κ2) is 5.39. The second-order valence-corrected chi connectivity index (χ2v) is 5.01. The molecule has 8 nitrogen and oxygen atoms in total. The third-order valence-electron chi connectivity index (χ3n) is 3.70. The quantitative estimate of drug-likeness (QED) is 0.829. The maximum absolute atomic E-state index is 12.4. The van der Waals surface area contributed by atoms with Crippen LogP contribution in [0.1, 0.15) is 34.9 Å². The van der Waals surface area contributed by atoms with E-state index in [9.17, 15) is 9.59 Å². The van der Waals surface area contributed by atoms with Gasteiger partial charge in [0.05, 0.1) is 23.5 Å². The molecule has 1 aliphatic rings. The number of amides is 2. The lowest BCUT2D eigenvalue weighted by Gasteiger charge is -2.24. The van der Waals surface area contributed by atoms with Crippen LogP contribution in [0.2, 0.25) is 0 Å². The van der Waals surface area contributed by atoms with Crippen LogP contribution in [0.5, 0.6) is 0 Å². The molecular formula is C13H16N6O2. The summed E-state index contributed by atoms with van der Waals surface area (Å²) in [7, 11) is 0. The van der Waals surface area contributed by atoms with Gasteiger partial charge in [0, 0.05) is 18.9 Å². The first-order valence-corrected chi connectivity index (χ1v) is 6.77. The lowest BCUT2D eigenvalue weighted by Crippen LogP contribution is -2.34. The third kappa shape index (κ3) is 2.51. The number of hydrogen-bond donors (Lipinski definition) is 2. The van der Waals surface area contributed by atoms with Gasteiger partial charge >= 0.3 is 0 Å². The molecule has 0 radical (unpaired) electrons. The molecule has 1 saturated heterocycles. The second-order valence-electron chi connectivity index (χ2n) is 5.01. The van der Waals surface area contributed by atoms with Crippen molar-refractivity contribution in [3.05, 3.63) is 35.9 Å². The van der Waals surface area contributed by atoms with Crippen LogP contribution in [0.4, 0.5) is 0 Å². The summed E-state index contributed by atoms with van der Waals surface area (Å²) in [5, 5.41) is 10.7. The Labute approximate surface area is 120 Å². The van der Waals surface area contributed by atoms with E-state index in [1.807, 2.05) is 0 Å². The van der Waals surface area contributed by atoms with Crippen molar-refractivity contribution in [2.45, 2.75) is 25.4 Å². The van der Waals surface area contributed by atoms with Crippen LogP contribution in [0.25, 0.3) is 0 Å². The zero-order valence-corrected chi connectivity index (χ0v) is 11.4. The fraction of sp³-hybridized carbons (Fsp3) is 0.385. The number of rotatable bonds is 4. The minimum Gasteiger partial charge on any atom is -0.365 e. The van der Waals surface area contributed by atoms with Crippen molar-refractivity contribution >= 4 is 11.8 Å². The van der Waals surface area contributed by atoms with Crippen molar-refractivity contribution in [1.29, 1.82) is 0 Å². The molecule has 110 valence electrons. The van der Waals surface area contributed by atoms with Gasteiger partial charge in [-0.3, -0.25) is 19.4 Å². The van der Waals surface area contributed by atoms with E-state index in [-0.39, 0.29) is 18.5 Å². The van der Waals surface area contributed by atoms with Gasteiger partial charge in [0.1, 0.15) is 6.54 Å². The molecule has 3 rings (SSSR count). The Morgan fingerprint density at radius 2 is 2.33 bits per heavy atom. The van der Waals surface area contributed by atoms with Gasteiger partial charge in [0.15, 0.2) is 0 Å². The van der Waals surface area contributed by atoms with Gasteiger partial charge in [-0.15, -0.1) is 0 Å². The van der Waals surface area contributed by atoms with Gasteiger partial charge in [0.2, 0.25) is 5.91 Å². The molecule has 21 heavy (non-hydrogen) atoms. The molecule has 1 aliphatic heterocycles. The normalized spacial score (nSPS) is 18.1. The highest BCUT2D eigenvalue weighted by molar-refractivity contribution is 5.94. The van der Waals surface area contributed by atoms with E-state index in [1.165, 1.54) is 6.20 Å². The smallest absolute Gasteiger partial charge is 0.252 e. The summed E-state index contributed by atoms with van der Waals surface area (Å²) in [6, 6.07) is 1.59. The molecule has 0 spiro atoms. The summed E-state index contributed by atoms with van der Waals surface area (Å²) in [4.78, 5) is 25.6. The predicted octanol–water partition coefficient (Wildman–Crippen LogP) is 0.0688. The highest BCUT2D eigenvalue weighted by Gasteiger charge is 2.33. The number of carbonyl (C=O) groups is 2. The first kappa shape index (κ1) is 13.3. The molecule has 1 atom stereocenters. The van der Waals surface area contributed by atoms with Crippen molar-refractivity contribution in [2.24, 2.45) is 5.73 Å². The number of aromatic nitrogens is 4. The number of primary amides is 1. The number of nitrogens with one attached hydrogen (secondary N) is 1. The number of nitrogens with zero attached hydrogens (tertiary/aromatic N) is 4. The summed E-state index contributed by atoms with van der Waals surface area (Å²) < 4.78 is 1.58. The fourth-order valence-corrected chi connectivity index (χ4v) is 2.74. The van der Waals surface area contributed by atoms with Crippen molar-refractivity contribution in [3.8, 4) is 0 Å². The highest BCUT2D eigenvalue weighted by Crippen LogP contribution is 2.32. The van der Waals surface area contributed by atoms with Crippen LogP contribution in [0.3, 0.4) is 0 Å². The number of carbonyl (C=O) groups excluding carboxylic acids is 2. The lowest BCUT2D eigenvalue weighted by atomic mass is 10.1. The Bertz CT molecular complexity index is 647. The Morgan fingerprint density at radius 1 is 1.48 bits per heavy atom. The van der Waals surface area contributed by atoms with Gasteiger partial charge in [-0.1, -0.05) is 0 Å². The topological polar surface area (TPSA) is 110 Å². The maximum Gasteiger partial charge on any atom is 0.252 e. The lowest BCUT2D eigenvalue weighted by molar-refractivity contribution is -0.133. The van der Waals surface area contributed by atoms with E-state index in [2.05, 4.69) is 15.3 Å². The molecule has 0 aromatic carbocycles. The molecule has 2 aromatic rings. The van der Waals surface area contributed by atoms with E-state index in [0.717, 1.165) is 12.8 Å². The summed E-state index contributed by atoms with van der Waals surface area (Å²) in [5.41, 5.74) is 6.31. The Morgan fingerprint density at radius 3 is 3.05 bits per heavy atom. The van der Waals surface area contributed by atoms with Gasteiger partial charge < -0.3 is 10.6 Å². The average Bonchev–Trinajstić information content (AvgIpc) is 3.19. The third-order valence-corrected chi connectivity index (χ3v) is 3.70. The molecule has 2 aromatic heterocycles. The number of likely N-dealkylation sites (tertiary alicyclic amines) is 1. The monoisotopic (exact) mass is 288 g/mol. The van der Waals surface area contributed by atoms with Crippen molar-refractivity contribution in [3.63, 3.8) is 0 Å². The van der Waals surface area contributed by atoms with E-state index < -0.39 is 5.91 Å². The minimum absolute atomic E-state index is 0.0359. The molecule has 8 heteroatoms. The molecule has 0 bridgehead atoms. The van der Waals surface area contributed by atoms with Crippen molar-refractivity contribution in [1.82, 2.24) is 24.9 Å². The van der Waals surface area contributed by atoms with Gasteiger partial charge in [-0.2, -0.15) is 10.2 Å². The first-order valence-electron chi connectivity index (χ1n) is 6.77. The van der Waals surface area contributed by atoms with Crippen LogP contribution in [0.15, 0.2) is 24.7 Å².